The summed E-state index contributed by atoms with van der Waals surface area (Å²) < 4.78 is 15.9. The molecule has 1 saturated heterocycles. The summed E-state index contributed by atoms with van der Waals surface area (Å²) in [5.41, 5.74) is 0.906. The first-order valence-electron chi connectivity index (χ1n) is 8.19. The minimum atomic E-state index is -0.465. The van der Waals surface area contributed by atoms with E-state index in [4.69, 9.17) is 13.9 Å². The van der Waals surface area contributed by atoms with Gasteiger partial charge in [0.25, 0.3) is 0 Å². The van der Waals surface area contributed by atoms with Gasteiger partial charge in [-0.15, -0.1) is 0 Å². The predicted molar refractivity (Wildman–Crippen MR) is 86.7 cm³/mol. The van der Waals surface area contributed by atoms with Crippen molar-refractivity contribution in [3.63, 3.8) is 0 Å². The van der Waals surface area contributed by atoms with Crippen molar-refractivity contribution in [2.45, 2.75) is 32.0 Å². The zero-order valence-electron chi connectivity index (χ0n) is 13.6. The Kier molecular flexibility index (Phi) is 4.05. The van der Waals surface area contributed by atoms with Crippen molar-refractivity contribution in [2.75, 3.05) is 6.79 Å². The maximum atomic E-state index is 12.5. The van der Waals surface area contributed by atoms with Gasteiger partial charge in [-0.25, -0.2) is 0 Å². The third-order valence-electron chi connectivity index (χ3n) is 4.44. The lowest BCUT2D eigenvalue weighted by Gasteiger charge is -2.24. The van der Waals surface area contributed by atoms with Crippen LogP contribution in [0.3, 0.4) is 0 Å². The average molecular weight is 342 g/mol. The standard InChI is InChI=1S/C18H18N2O5/c21-17-6-4-14(18(22)19-9-13-2-1-7-23-13)20(17)10-12-3-5-15-16(8-12)25-11-24-15/h1-3,5,7-8,14H,4,6,9-11H2,(H,19,22)/t14-/m1/s1. The Balaban J connectivity index is 1.43. The van der Waals surface area contributed by atoms with Crippen LogP contribution < -0.4 is 14.8 Å². The smallest absolute Gasteiger partial charge is 0.243 e. The van der Waals surface area contributed by atoms with Crippen molar-refractivity contribution >= 4 is 11.8 Å². The first-order chi connectivity index (χ1) is 12.2. The average Bonchev–Trinajstić information content (AvgIpc) is 3.35. The fraction of sp³-hybridized carbons (Fsp3) is 0.333. The first-order valence-corrected chi connectivity index (χ1v) is 8.19. The van der Waals surface area contributed by atoms with Gasteiger partial charge in [-0.05, 0) is 36.2 Å². The van der Waals surface area contributed by atoms with Crippen molar-refractivity contribution in [1.29, 1.82) is 0 Å². The second-order valence-corrected chi connectivity index (χ2v) is 6.06. The van der Waals surface area contributed by atoms with Gasteiger partial charge in [-0.3, -0.25) is 9.59 Å². The molecule has 1 N–H and O–H groups in total. The summed E-state index contributed by atoms with van der Waals surface area (Å²) in [4.78, 5) is 26.3. The van der Waals surface area contributed by atoms with E-state index in [1.54, 1.807) is 23.3 Å². The Labute approximate surface area is 144 Å². The highest BCUT2D eigenvalue weighted by Crippen LogP contribution is 2.33. The van der Waals surface area contributed by atoms with E-state index in [1.165, 1.54) is 0 Å². The van der Waals surface area contributed by atoms with Crippen LogP contribution in [-0.2, 0) is 22.7 Å². The van der Waals surface area contributed by atoms with Gasteiger partial charge < -0.3 is 24.1 Å². The van der Waals surface area contributed by atoms with Gasteiger partial charge in [0.05, 0.1) is 12.8 Å². The number of fused-ring (bicyclic) bond motifs is 1. The van der Waals surface area contributed by atoms with Crippen molar-refractivity contribution < 1.29 is 23.5 Å². The highest BCUT2D eigenvalue weighted by Gasteiger charge is 2.36. The van der Waals surface area contributed by atoms with E-state index >= 15 is 0 Å². The van der Waals surface area contributed by atoms with E-state index in [-0.39, 0.29) is 18.6 Å². The molecule has 3 heterocycles. The van der Waals surface area contributed by atoms with Gasteiger partial charge in [0.2, 0.25) is 18.6 Å². The summed E-state index contributed by atoms with van der Waals surface area (Å²) in [6.07, 6.45) is 2.46. The fourth-order valence-electron chi connectivity index (χ4n) is 3.15. The molecule has 7 nitrogen and oxygen atoms in total. The molecule has 0 saturated carbocycles. The summed E-state index contributed by atoms with van der Waals surface area (Å²) in [6, 6.07) is 8.66. The lowest BCUT2D eigenvalue weighted by Crippen LogP contribution is -2.44. The molecule has 2 aliphatic rings. The Morgan fingerprint density at radius 1 is 1.24 bits per heavy atom. The van der Waals surface area contributed by atoms with Gasteiger partial charge in [0.1, 0.15) is 11.8 Å². The molecule has 1 fully saturated rings. The summed E-state index contributed by atoms with van der Waals surface area (Å²) in [5, 5.41) is 2.83. The van der Waals surface area contributed by atoms with Crippen molar-refractivity contribution in [1.82, 2.24) is 10.2 Å². The van der Waals surface area contributed by atoms with Crippen LogP contribution in [0.25, 0.3) is 0 Å². The quantitative estimate of drug-likeness (QED) is 0.896. The SMILES string of the molecule is O=C(NCc1ccco1)[C@H]1CCC(=O)N1Cc1ccc2c(c1)OCO2. The molecule has 0 spiro atoms. The van der Waals surface area contributed by atoms with E-state index in [0.717, 1.165) is 5.56 Å². The number of carbonyl (C=O) groups excluding carboxylic acids is 2. The monoisotopic (exact) mass is 342 g/mol. The number of nitrogens with zero attached hydrogens (tertiary/aromatic N) is 1. The molecule has 1 aromatic heterocycles. The number of ether oxygens (including phenoxy) is 2. The highest BCUT2D eigenvalue weighted by molar-refractivity contribution is 5.90. The molecule has 2 aromatic rings. The molecule has 7 heteroatoms. The number of carbonyl (C=O) groups is 2. The number of likely N-dealkylation sites (tertiary alicyclic amines) is 1. The minimum absolute atomic E-state index is 0.0178. The number of hydrogen-bond donors (Lipinski definition) is 1. The topological polar surface area (TPSA) is 81.0 Å². The molecule has 0 aliphatic carbocycles. The van der Waals surface area contributed by atoms with Crippen molar-refractivity contribution in [2.24, 2.45) is 0 Å². The molecular weight excluding hydrogens is 324 g/mol. The lowest BCUT2D eigenvalue weighted by molar-refractivity contribution is -0.135. The van der Waals surface area contributed by atoms with Crippen LogP contribution in [0.5, 0.6) is 11.5 Å². The third-order valence-corrected chi connectivity index (χ3v) is 4.44. The van der Waals surface area contributed by atoms with Gasteiger partial charge >= 0.3 is 0 Å². The minimum Gasteiger partial charge on any atom is -0.467 e. The van der Waals surface area contributed by atoms with Crippen LogP contribution in [0.15, 0.2) is 41.0 Å². The molecule has 1 atom stereocenters. The van der Waals surface area contributed by atoms with Gasteiger partial charge in [-0.2, -0.15) is 0 Å². The molecular formula is C18H18N2O5. The number of benzene rings is 1. The fourth-order valence-corrected chi connectivity index (χ4v) is 3.15. The van der Waals surface area contributed by atoms with E-state index in [1.807, 2.05) is 18.2 Å². The van der Waals surface area contributed by atoms with Crippen LogP contribution in [0, 0.1) is 0 Å². The summed E-state index contributed by atoms with van der Waals surface area (Å²) >= 11 is 0. The summed E-state index contributed by atoms with van der Waals surface area (Å²) in [7, 11) is 0. The van der Waals surface area contributed by atoms with Crippen LogP contribution in [0.4, 0.5) is 0 Å². The second-order valence-electron chi connectivity index (χ2n) is 6.06. The molecule has 0 unspecified atom stereocenters. The van der Waals surface area contributed by atoms with Crippen molar-refractivity contribution in [3.8, 4) is 11.5 Å². The van der Waals surface area contributed by atoms with E-state index in [2.05, 4.69) is 5.32 Å². The second kappa shape index (κ2) is 6.51. The molecule has 0 radical (unpaired) electrons. The molecule has 4 rings (SSSR count). The number of rotatable bonds is 5. The number of furan rings is 1. The van der Waals surface area contributed by atoms with Crippen LogP contribution in [0.1, 0.15) is 24.2 Å². The van der Waals surface area contributed by atoms with Crippen LogP contribution in [0.2, 0.25) is 0 Å². The first kappa shape index (κ1) is 15.6. The Morgan fingerprint density at radius 2 is 2.12 bits per heavy atom. The van der Waals surface area contributed by atoms with Gasteiger partial charge in [0, 0.05) is 13.0 Å². The Hall–Kier alpha value is -2.96. The Morgan fingerprint density at radius 3 is 2.96 bits per heavy atom. The largest absolute Gasteiger partial charge is 0.467 e. The molecule has 25 heavy (non-hydrogen) atoms. The van der Waals surface area contributed by atoms with Crippen LogP contribution >= 0.6 is 0 Å². The van der Waals surface area contributed by atoms with E-state index in [0.29, 0.717) is 43.2 Å². The molecule has 1 aromatic carbocycles. The molecule has 2 aliphatic heterocycles. The van der Waals surface area contributed by atoms with Gasteiger partial charge in [0.15, 0.2) is 11.5 Å². The summed E-state index contributed by atoms with van der Waals surface area (Å²) in [5.74, 6) is 1.87. The van der Waals surface area contributed by atoms with Gasteiger partial charge in [-0.1, -0.05) is 6.07 Å². The third kappa shape index (κ3) is 3.17. The lowest BCUT2D eigenvalue weighted by atomic mass is 10.1. The molecule has 2 amide bonds. The predicted octanol–water partition coefficient (Wildman–Crippen LogP) is 1.82. The highest BCUT2D eigenvalue weighted by atomic mass is 16.7. The van der Waals surface area contributed by atoms with E-state index in [9.17, 15) is 9.59 Å². The number of hydrogen-bond acceptors (Lipinski definition) is 5. The number of amides is 2. The number of nitrogens with one attached hydrogen (secondary N) is 1. The Bertz CT molecular complexity index is 787. The summed E-state index contributed by atoms with van der Waals surface area (Å²) in [6.45, 7) is 0.891. The van der Waals surface area contributed by atoms with E-state index < -0.39 is 6.04 Å². The maximum absolute atomic E-state index is 12.5. The zero-order valence-corrected chi connectivity index (χ0v) is 13.6. The molecule has 130 valence electrons. The normalized spacial score (nSPS) is 18.6. The molecule has 0 bridgehead atoms. The van der Waals surface area contributed by atoms with Crippen LogP contribution in [-0.4, -0.2) is 29.5 Å². The zero-order chi connectivity index (χ0) is 17.2. The van der Waals surface area contributed by atoms with Crippen molar-refractivity contribution in [3.05, 3.63) is 47.9 Å². The maximum Gasteiger partial charge on any atom is 0.243 e.